The molecule has 4 aliphatic carbocycles. The van der Waals surface area contributed by atoms with Gasteiger partial charge in [0.25, 0.3) is 0 Å². The summed E-state index contributed by atoms with van der Waals surface area (Å²) < 4.78 is 0. The Morgan fingerprint density at radius 2 is 1.90 bits per heavy atom. The largest absolute Gasteiger partial charge is 1.00 e. The van der Waals surface area contributed by atoms with Gasteiger partial charge < -0.3 is 18.1 Å². The van der Waals surface area contributed by atoms with Gasteiger partial charge in [0, 0.05) is 17.2 Å². The molecule has 3 N–H and O–H groups in total. The van der Waals surface area contributed by atoms with Crippen LogP contribution in [0.2, 0.25) is 0 Å². The molecule has 0 saturated heterocycles. The van der Waals surface area contributed by atoms with Crippen LogP contribution in [0, 0.1) is 23.7 Å². The summed E-state index contributed by atoms with van der Waals surface area (Å²) in [6.45, 7) is 0. The van der Waals surface area contributed by atoms with E-state index in [1.807, 2.05) is 0 Å². The Morgan fingerprint density at radius 1 is 1.20 bits per heavy atom. The number of hydrogen-bond acceptors (Lipinski definition) is 0. The van der Waals surface area contributed by atoms with Gasteiger partial charge in [-0.25, -0.2) is 0 Å². The van der Waals surface area contributed by atoms with Crippen LogP contribution >= 0.6 is 11.6 Å². The zero-order valence-corrected chi connectivity index (χ0v) is 7.15. The summed E-state index contributed by atoms with van der Waals surface area (Å²) in [5.74, 6) is 3.67. The molecule has 4 saturated carbocycles. The summed E-state index contributed by atoms with van der Waals surface area (Å²) in [4.78, 5) is 0. The smallest absolute Gasteiger partial charge is 0.0921 e. The van der Waals surface area contributed by atoms with Crippen LogP contribution < -0.4 is 18.1 Å². The topological polar surface area (TPSA) is 27.6 Å². The third-order valence-corrected chi connectivity index (χ3v) is 4.27. The zero-order chi connectivity index (χ0) is 6.17. The lowest BCUT2D eigenvalue weighted by atomic mass is 10.1. The first-order chi connectivity index (χ1) is 4.30. The fraction of sp³-hybridized carbons (Fsp3) is 1.00. The molecule has 4 bridgehead atoms. The van der Waals surface area contributed by atoms with Crippen LogP contribution in [0.1, 0.15) is 6.42 Å². The average Bonchev–Trinajstić information content (AvgIpc) is 2.18. The lowest BCUT2D eigenvalue weighted by molar-refractivity contribution is -0.429. The van der Waals surface area contributed by atoms with Crippen molar-refractivity contribution in [2.45, 2.75) is 17.8 Å². The summed E-state index contributed by atoms with van der Waals surface area (Å²) >= 11 is 6.15. The SMILES string of the molecule is [Cl-].[NH3+]C1C2CC3C1C3C2Cl. The van der Waals surface area contributed by atoms with Gasteiger partial charge in [0.1, 0.15) is 0 Å². The maximum absolute atomic E-state index is 6.15. The Hall–Kier alpha value is 0.540. The molecule has 0 aromatic heterocycles. The Balaban J connectivity index is 0.000000403. The quantitative estimate of drug-likeness (QED) is 0.387. The van der Waals surface area contributed by atoms with Gasteiger partial charge in [-0.3, -0.25) is 0 Å². The average molecular weight is 180 g/mol. The summed E-state index contributed by atoms with van der Waals surface area (Å²) in [5, 5.41) is 0.516. The number of halogens is 2. The third-order valence-electron chi connectivity index (χ3n) is 3.66. The van der Waals surface area contributed by atoms with E-state index in [9.17, 15) is 0 Å². The van der Waals surface area contributed by atoms with Crippen LogP contribution in [0.3, 0.4) is 0 Å². The molecule has 1 nitrogen and oxygen atoms in total. The van der Waals surface area contributed by atoms with Gasteiger partial charge in [0.05, 0.1) is 6.04 Å². The second-order valence-corrected chi connectivity index (χ2v) is 4.33. The fourth-order valence-corrected chi connectivity index (χ4v) is 3.86. The lowest BCUT2D eigenvalue weighted by Crippen LogP contribution is -3.00. The van der Waals surface area contributed by atoms with E-state index in [2.05, 4.69) is 5.73 Å². The molecule has 4 aliphatic rings. The molecule has 0 aromatic rings. The van der Waals surface area contributed by atoms with Crippen molar-refractivity contribution in [3.63, 3.8) is 0 Å². The number of rotatable bonds is 0. The highest BCUT2D eigenvalue weighted by atomic mass is 35.5. The third kappa shape index (κ3) is 0.521. The molecule has 58 valence electrons. The first-order valence-corrected chi connectivity index (χ1v) is 4.21. The molecule has 0 amide bonds. The zero-order valence-electron chi connectivity index (χ0n) is 5.63. The molecule has 0 aromatic carbocycles. The van der Waals surface area contributed by atoms with Crippen molar-refractivity contribution in [2.24, 2.45) is 23.7 Å². The van der Waals surface area contributed by atoms with E-state index in [1.165, 1.54) is 6.42 Å². The van der Waals surface area contributed by atoms with Crippen molar-refractivity contribution < 1.29 is 18.1 Å². The van der Waals surface area contributed by atoms with Gasteiger partial charge in [0.2, 0.25) is 0 Å². The Bertz CT molecular complexity index is 153. The minimum absolute atomic E-state index is 0. The standard InChI is InChI=1S/C7H10ClN.ClH/c8-6-3-1-2-4(6)5(2)7(3)9;/h2-7H,1,9H2;1H. The summed E-state index contributed by atoms with van der Waals surface area (Å²) in [6.07, 6.45) is 1.40. The van der Waals surface area contributed by atoms with Crippen LogP contribution in [0.4, 0.5) is 0 Å². The number of quaternary nitrogens is 1. The molecule has 0 heterocycles. The van der Waals surface area contributed by atoms with Crippen LogP contribution in [-0.2, 0) is 0 Å². The van der Waals surface area contributed by atoms with Gasteiger partial charge in [-0.2, -0.15) is 0 Å². The highest BCUT2D eigenvalue weighted by Gasteiger charge is 2.74. The van der Waals surface area contributed by atoms with E-state index < -0.39 is 0 Å². The van der Waals surface area contributed by atoms with E-state index in [0.29, 0.717) is 5.38 Å². The molecule has 4 rings (SSSR count). The van der Waals surface area contributed by atoms with Gasteiger partial charge in [-0.1, -0.05) is 0 Å². The van der Waals surface area contributed by atoms with Crippen molar-refractivity contribution in [3.05, 3.63) is 0 Å². The van der Waals surface area contributed by atoms with Crippen molar-refractivity contribution in [2.75, 3.05) is 0 Å². The van der Waals surface area contributed by atoms with Crippen molar-refractivity contribution >= 4 is 11.6 Å². The Kier molecular flexibility index (Phi) is 1.31. The van der Waals surface area contributed by atoms with Gasteiger partial charge in [0.15, 0.2) is 0 Å². The molecule has 6 unspecified atom stereocenters. The predicted octanol–water partition coefficient (Wildman–Crippen LogP) is -2.90. The molecule has 3 heteroatoms. The maximum Gasteiger partial charge on any atom is 0.0921 e. The molecule has 4 fully saturated rings. The Labute approximate surface area is 71.7 Å². The molecule has 10 heavy (non-hydrogen) atoms. The normalized spacial score (nSPS) is 67.8. The fourth-order valence-electron chi connectivity index (χ4n) is 3.22. The summed E-state index contributed by atoms with van der Waals surface area (Å²) in [5.41, 5.74) is 4.15. The molecular weight excluding hydrogens is 169 g/mol. The van der Waals surface area contributed by atoms with Crippen molar-refractivity contribution in [1.29, 1.82) is 0 Å². The first kappa shape index (κ1) is 7.20. The lowest BCUT2D eigenvalue weighted by Gasteiger charge is -2.06. The van der Waals surface area contributed by atoms with Crippen LogP contribution in [0.5, 0.6) is 0 Å². The maximum atomic E-state index is 6.15. The van der Waals surface area contributed by atoms with Gasteiger partial charge >= 0.3 is 0 Å². The van der Waals surface area contributed by atoms with E-state index in [4.69, 9.17) is 11.6 Å². The van der Waals surface area contributed by atoms with E-state index in [-0.39, 0.29) is 12.4 Å². The van der Waals surface area contributed by atoms with Gasteiger partial charge in [-0.15, -0.1) is 11.6 Å². The molecule has 6 atom stereocenters. The van der Waals surface area contributed by atoms with E-state index in [1.54, 1.807) is 0 Å². The van der Waals surface area contributed by atoms with Crippen molar-refractivity contribution in [1.82, 2.24) is 0 Å². The molecule has 0 radical (unpaired) electrons. The number of hydrogen-bond donors (Lipinski definition) is 1. The Morgan fingerprint density at radius 3 is 2.00 bits per heavy atom. The molecule has 0 aliphatic heterocycles. The van der Waals surface area contributed by atoms with E-state index >= 15 is 0 Å². The minimum Gasteiger partial charge on any atom is -1.00 e. The minimum atomic E-state index is 0. The monoisotopic (exact) mass is 179 g/mol. The van der Waals surface area contributed by atoms with E-state index in [0.717, 1.165) is 29.7 Å². The first-order valence-electron chi connectivity index (χ1n) is 3.78. The highest BCUT2D eigenvalue weighted by Crippen LogP contribution is 2.70. The summed E-state index contributed by atoms with van der Waals surface area (Å²) in [7, 11) is 0. The number of alkyl halides is 1. The van der Waals surface area contributed by atoms with Crippen LogP contribution in [-0.4, -0.2) is 11.4 Å². The van der Waals surface area contributed by atoms with Crippen molar-refractivity contribution in [3.8, 4) is 0 Å². The molecular formula is C7H11Cl2N. The molecule has 0 spiro atoms. The highest BCUT2D eigenvalue weighted by molar-refractivity contribution is 6.21. The summed E-state index contributed by atoms with van der Waals surface area (Å²) in [6, 6.07) is 0.725. The van der Waals surface area contributed by atoms with Gasteiger partial charge in [-0.05, 0) is 18.3 Å². The second kappa shape index (κ2) is 1.82. The van der Waals surface area contributed by atoms with Crippen LogP contribution in [0.25, 0.3) is 0 Å². The second-order valence-electron chi connectivity index (χ2n) is 3.83. The predicted molar refractivity (Wildman–Crippen MR) is 34.9 cm³/mol. The van der Waals surface area contributed by atoms with Crippen LogP contribution in [0.15, 0.2) is 0 Å².